The number of fused-ring (bicyclic) bond motifs is 1. The molecule has 0 aromatic heterocycles. The molecule has 0 bridgehead atoms. The van der Waals surface area contributed by atoms with Crippen LogP contribution in [0.4, 0.5) is 5.69 Å². The quantitative estimate of drug-likeness (QED) is 0.707. The Bertz CT molecular complexity index is 440. The highest BCUT2D eigenvalue weighted by Gasteiger charge is 2.48. The van der Waals surface area contributed by atoms with Gasteiger partial charge in [-0.25, -0.2) is 0 Å². The SMILES string of the molecule is O=C1Nc2cccc(O)c2SC12CCC2. The van der Waals surface area contributed by atoms with Gasteiger partial charge in [-0.15, -0.1) is 11.8 Å². The number of nitrogens with one attached hydrogen (secondary N) is 1. The number of benzene rings is 1. The van der Waals surface area contributed by atoms with Crippen LogP contribution in [0.2, 0.25) is 0 Å². The van der Waals surface area contributed by atoms with Gasteiger partial charge in [-0.1, -0.05) is 6.07 Å². The van der Waals surface area contributed by atoms with E-state index in [9.17, 15) is 9.90 Å². The molecule has 0 saturated heterocycles. The van der Waals surface area contributed by atoms with Crippen LogP contribution in [0.5, 0.6) is 5.75 Å². The maximum Gasteiger partial charge on any atom is 0.241 e. The fraction of sp³-hybridized carbons (Fsp3) is 0.364. The summed E-state index contributed by atoms with van der Waals surface area (Å²) in [6.45, 7) is 0. The Morgan fingerprint density at radius 2 is 2.20 bits per heavy atom. The van der Waals surface area contributed by atoms with E-state index in [1.807, 2.05) is 6.07 Å². The number of phenolic OH excluding ortho intramolecular Hbond substituents is 1. The van der Waals surface area contributed by atoms with E-state index in [4.69, 9.17) is 0 Å². The van der Waals surface area contributed by atoms with Gasteiger partial charge in [0.1, 0.15) is 5.75 Å². The molecule has 0 unspecified atom stereocenters. The molecule has 4 heteroatoms. The Labute approximate surface area is 91.9 Å². The Balaban J connectivity index is 2.07. The number of amides is 1. The summed E-state index contributed by atoms with van der Waals surface area (Å²) in [5, 5.41) is 12.6. The fourth-order valence-electron chi connectivity index (χ4n) is 2.04. The van der Waals surface area contributed by atoms with Crippen molar-refractivity contribution in [1.82, 2.24) is 0 Å². The van der Waals surface area contributed by atoms with Crippen molar-refractivity contribution in [3.8, 4) is 5.75 Å². The molecule has 3 nitrogen and oxygen atoms in total. The molecule has 1 heterocycles. The third-order valence-electron chi connectivity index (χ3n) is 3.11. The summed E-state index contributed by atoms with van der Waals surface area (Å²) in [5.41, 5.74) is 0.738. The predicted molar refractivity (Wildman–Crippen MR) is 59.2 cm³/mol. The van der Waals surface area contributed by atoms with Crippen molar-refractivity contribution in [1.29, 1.82) is 0 Å². The van der Waals surface area contributed by atoms with Gasteiger partial charge < -0.3 is 10.4 Å². The zero-order chi connectivity index (χ0) is 10.5. The van der Waals surface area contributed by atoms with E-state index in [2.05, 4.69) is 5.32 Å². The van der Waals surface area contributed by atoms with Crippen molar-refractivity contribution in [2.24, 2.45) is 0 Å². The minimum atomic E-state index is -0.300. The lowest BCUT2D eigenvalue weighted by molar-refractivity contribution is -0.120. The predicted octanol–water partition coefficient (Wildman–Crippen LogP) is 2.36. The normalized spacial score (nSPS) is 21.7. The van der Waals surface area contributed by atoms with Gasteiger partial charge in [-0.05, 0) is 31.4 Å². The van der Waals surface area contributed by atoms with Crippen molar-refractivity contribution >= 4 is 23.4 Å². The summed E-state index contributed by atoms with van der Waals surface area (Å²) in [7, 11) is 0. The van der Waals surface area contributed by atoms with Crippen LogP contribution in [0.15, 0.2) is 23.1 Å². The molecule has 1 aromatic carbocycles. The first kappa shape index (κ1) is 9.09. The number of carbonyl (C=O) groups excluding carboxylic acids is 1. The number of phenols is 1. The van der Waals surface area contributed by atoms with E-state index >= 15 is 0 Å². The number of thioether (sulfide) groups is 1. The second kappa shape index (κ2) is 2.92. The first-order valence-corrected chi connectivity index (χ1v) is 5.85. The zero-order valence-electron chi connectivity index (χ0n) is 8.12. The third kappa shape index (κ3) is 1.17. The van der Waals surface area contributed by atoms with Gasteiger partial charge in [0.15, 0.2) is 0 Å². The molecule has 1 saturated carbocycles. The molecule has 2 N–H and O–H groups in total. The van der Waals surface area contributed by atoms with E-state index in [1.54, 1.807) is 12.1 Å². The Hall–Kier alpha value is -1.16. The maximum atomic E-state index is 11.9. The molecule has 78 valence electrons. The summed E-state index contributed by atoms with van der Waals surface area (Å²) >= 11 is 1.52. The molecular weight excluding hydrogens is 210 g/mol. The number of hydrogen-bond acceptors (Lipinski definition) is 3. The van der Waals surface area contributed by atoms with Crippen molar-refractivity contribution in [3.63, 3.8) is 0 Å². The lowest BCUT2D eigenvalue weighted by atomic mass is 9.83. The molecule has 1 amide bonds. The van der Waals surface area contributed by atoms with Crippen LogP contribution < -0.4 is 5.32 Å². The van der Waals surface area contributed by atoms with E-state index in [0.29, 0.717) is 0 Å². The maximum absolute atomic E-state index is 11.9. The number of hydrogen-bond donors (Lipinski definition) is 2. The minimum absolute atomic E-state index is 0.0943. The van der Waals surface area contributed by atoms with Gasteiger partial charge in [0, 0.05) is 0 Å². The van der Waals surface area contributed by atoms with Crippen LogP contribution in [0.25, 0.3) is 0 Å². The topological polar surface area (TPSA) is 49.3 Å². The molecular formula is C11H11NO2S. The summed E-state index contributed by atoms with van der Waals surface area (Å²) in [5.74, 6) is 0.362. The Kier molecular flexibility index (Phi) is 1.77. The van der Waals surface area contributed by atoms with Crippen LogP contribution in [-0.4, -0.2) is 15.8 Å². The van der Waals surface area contributed by atoms with Gasteiger partial charge in [0.05, 0.1) is 15.3 Å². The van der Waals surface area contributed by atoms with Crippen LogP contribution in [0, 0.1) is 0 Å². The van der Waals surface area contributed by atoms with Crippen molar-refractivity contribution < 1.29 is 9.90 Å². The van der Waals surface area contributed by atoms with Gasteiger partial charge >= 0.3 is 0 Å². The Morgan fingerprint density at radius 1 is 1.40 bits per heavy atom. The standard InChI is InChI=1S/C11H11NO2S/c13-8-4-1-3-7-9(8)15-11(5-2-6-11)10(14)12-7/h1,3-4,13H,2,5-6H2,(H,12,14). The smallest absolute Gasteiger partial charge is 0.241 e. The summed E-state index contributed by atoms with van der Waals surface area (Å²) < 4.78 is -0.300. The van der Waals surface area contributed by atoms with Crippen LogP contribution >= 0.6 is 11.8 Å². The molecule has 1 fully saturated rings. The molecule has 1 aliphatic heterocycles. The summed E-state index contributed by atoms with van der Waals surface area (Å²) in [6.07, 6.45) is 2.93. The van der Waals surface area contributed by atoms with Crippen LogP contribution in [0.1, 0.15) is 19.3 Å². The average molecular weight is 221 g/mol. The van der Waals surface area contributed by atoms with Crippen LogP contribution in [-0.2, 0) is 4.79 Å². The van der Waals surface area contributed by atoms with Gasteiger partial charge in [-0.3, -0.25) is 4.79 Å². The molecule has 15 heavy (non-hydrogen) atoms. The number of carbonyl (C=O) groups is 1. The number of anilines is 1. The monoisotopic (exact) mass is 221 g/mol. The van der Waals surface area contributed by atoms with E-state index in [-0.39, 0.29) is 16.4 Å². The van der Waals surface area contributed by atoms with Crippen LogP contribution in [0.3, 0.4) is 0 Å². The van der Waals surface area contributed by atoms with Crippen molar-refractivity contribution in [2.75, 3.05) is 5.32 Å². The molecule has 3 rings (SSSR count). The fourth-order valence-corrected chi connectivity index (χ4v) is 3.46. The minimum Gasteiger partial charge on any atom is -0.507 e. The van der Waals surface area contributed by atoms with Crippen molar-refractivity contribution in [2.45, 2.75) is 28.9 Å². The summed E-state index contributed by atoms with van der Waals surface area (Å²) in [4.78, 5) is 12.7. The van der Waals surface area contributed by atoms with Gasteiger partial charge in [0.25, 0.3) is 0 Å². The highest BCUT2D eigenvalue weighted by molar-refractivity contribution is 8.01. The second-order valence-electron chi connectivity index (χ2n) is 4.06. The second-order valence-corrected chi connectivity index (χ2v) is 5.45. The first-order chi connectivity index (χ1) is 7.21. The highest BCUT2D eigenvalue weighted by Crippen LogP contribution is 2.54. The third-order valence-corrected chi connectivity index (χ3v) is 4.73. The van der Waals surface area contributed by atoms with Gasteiger partial charge in [-0.2, -0.15) is 0 Å². The zero-order valence-corrected chi connectivity index (χ0v) is 8.93. The van der Waals surface area contributed by atoms with E-state index in [1.165, 1.54) is 11.8 Å². The lowest BCUT2D eigenvalue weighted by Crippen LogP contribution is -2.47. The average Bonchev–Trinajstić information content (AvgIpc) is 2.15. The molecule has 0 atom stereocenters. The molecule has 1 aromatic rings. The van der Waals surface area contributed by atoms with E-state index < -0.39 is 0 Å². The molecule has 2 aliphatic rings. The number of aromatic hydroxyl groups is 1. The molecule has 0 radical (unpaired) electrons. The number of rotatable bonds is 0. The molecule has 1 aliphatic carbocycles. The Morgan fingerprint density at radius 3 is 2.87 bits per heavy atom. The lowest BCUT2D eigenvalue weighted by Gasteiger charge is -2.42. The van der Waals surface area contributed by atoms with Gasteiger partial charge in [0.2, 0.25) is 5.91 Å². The highest BCUT2D eigenvalue weighted by atomic mass is 32.2. The largest absolute Gasteiger partial charge is 0.507 e. The van der Waals surface area contributed by atoms with E-state index in [0.717, 1.165) is 29.8 Å². The van der Waals surface area contributed by atoms with Crippen molar-refractivity contribution in [3.05, 3.63) is 18.2 Å². The molecule has 1 spiro atoms. The first-order valence-electron chi connectivity index (χ1n) is 5.04. The summed E-state index contributed by atoms with van der Waals surface area (Å²) in [6, 6.07) is 5.23.